The van der Waals surface area contributed by atoms with E-state index in [1.807, 2.05) is 6.92 Å². The highest BCUT2D eigenvalue weighted by Crippen LogP contribution is 2.19. The Bertz CT molecular complexity index is 718. The van der Waals surface area contributed by atoms with Gasteiger partial charge in [0.05, 0.1) is 0 Å². The summed E-state index contributed by atoms with van der Waals surface area (Å²) in [6.45, 7) is 2.07. The first-order chi connectivity index (χ1) is 10.5. The van der Waals surface area contributed by atoms with E-state index < -0.39 is 11.4 Å². The maximum absolute atomic E-state index is 12.0. The van der Waals surface area contributed by atoms with Crippen LogP contribution in [0.4, 0.5) is 5.69 Å². The van der Waals surface area contributed by atoms with Crippen molar-refractivity contribution in [1.82, 2.24) is 0 Å². The van der Waals surface area contributed by atoms with E-state index in [0.717, 1.165) is 11.6 Å². The molecule has 1 aromatic heterocycles. The molecule has 0 saturated heterocycles. The van der Waals surface area contributed by atoms with E-state index in [0.29, 0.717) is 18.5 Å². The molecule has 1 aromatic carbocycles. The molecule has 22 heavy (non-hydrogen) atoms. The van der Waals surface area contributed by atoms with Crippen LogP contribution in [0.25, 0.3) is 0 Å². The van der Waals surface area contributed by atoms with Crippen molar-refractivity contribution < 1.29 is 19.1 Å². The fourth-order valence-electron chi connectivity index (χ4n) is 1.95. The molecule has 6 nitrogen and oxygen atoms in total. The highest BCUT2D eigenvalue weighted by Gasteiger charge is 2.17. The Kier molecular flexibility index (Phi) is 4.83. The summed E-state index contributed by atoms with van der Waals surface area (Å²) >= 11 is 0. The zero-order valence-electron chi connectivity index (χ0n) is 12.2. The van der Waals surface area contributed by atoms with E-state index in [1.54, 1.807) is 24.3 Å². The number of aryl methyl sites for hydroxylation is 1. The topological polar surface area (TPSA) is 103 Å². The minimum absolute atomic E-state index is 0.0590. The fourth-order valence-corrected chi connectivity index (χ4v) is 1.95. The van der Waals surface area contributed by atoms with Gasteiger partial charge in [-0.15, -0.1) is 0 Å². The Morgan fingerprint density at radius 1 is 1.32 bits per heavy atom. The first-order valence-electron chi connectivity index (χ1n) is 6.88. The van der Waals surface area contributed by atoms with Gasteiger partial charge >= 0.3 is 5.97 Å². The zero-order chi connectivity index (χ0) is 16.1. The van der Waals surface area contributed by atoms with Crippen LogP contribution in [-0.4, -0.2) is 11.1 Å². The third-order valence-electron chi connectivity index (χ3n) is 3.02. The number of hydrogen-bond donors (Lipinski definition) is 2. The van der Waals surface area contributed by atoms with Gasteiger partial charge in [-0.3, -0.25) is 4.79 Å². The second kappa shape index (κ2) is 6.80. The van der Waals surface area contributed by atoms with Gasteiger partial charge in [0.1, 0.15) is 6.61 Å². The molecule has 0 bridgehead atoms. The summed E-state index contributed by atoms with van der Waals surface area (Å²) in [4.78, 5) is 23.0. The van der Waals surface area contributed by atoms with Crippen molar-refractivity contribution in [1.29, 1.82) is 0 Å². The Hall–Kier alpha value is -2.76. The van der Waals surface area contributed by atoms with Crippen molar-refractivity contribution in [3.8, 4) is 5.75 Å². The molecule has 116 valence electrons. The second-order valence-electron chi connectivity index (χ2n) is 4.81. The maximum Gasteiger partial charge on any atom is 0.371 e. The molecule has 0 saturated carbocycles. The third kappa shape index (κ3) is 3.66. The second-order valence-corrected chi connectivity index (χ2v) is 4.81. The number of aromatic carboxylic acids is 1. The number of rotatable bonds is 6. The van der Waals surface area contributed by atoms with E-state index in [1.165, 1.54) is 0 Å². The van der Waals surface area contributed by atoms with Crippen LogP contribution in [0.15, 0.2) is 39.5 Å². The molecule has 0 aliphatic rings. The smallest absolute Gasteiger partial charge is 0.371 e. The zero-order valence-corrected chi connectivity index (χ0v) is 12.2. The summed E-state index contributed by atoms with van der Waals surface area (Å²) in [5, 5.41) is 8.94. The van der Waals surface area contributed by atoms with Crippen molar-refractivity contribution in [2.75, 3.05) is 5.73 Å². The molecule has 0 unspecified atom stereocenters. The molecule has 0 radical (unpaired) electrons. The fraction of sp³-hybridized carbons (Fsp3) is 0.250. The molecule has 3 N–H and O–H groups in total. The number of hydrogen-bond acceptors (Lipinski definition) is 5. The average molecular weight is 303 g/mol. The molecule has 6 heteroatoms. The normalized spacial score (nSPS) is 10.4. The Morgan fingerprint density at radius 2 is 2.00 bits per heavy atom. The average Bonchev–Trinajstić information content (AvgIpc) is 2.48. The van der Waals surface area contributed by atoms with E-state index in [2.05, 4.69) is 0 Å². The monoisotopic (exact) mass is 303 g/mol. The quantitative estimate of drug-likeness (QED) is 0.795. The molecule has 0 amide bonds. The van der Waals surface area contributed by atoms with Gasteiger partial charge in [-0.25, -0.2) is 4.79 Å². The van der Waals surface area contributed by atoms with E-state index in [9.17, 15) is 9.59 Å². The molecule has 0 atom stereocenters. The molecule has 0 aliphatic carbocycles. The lowest BCUT2D eigenvalue weighted by Gasteiger charge is -2.10. The molecule has 0 spiro atoms. The lowest BCUT2D eigenvalue weighted by Crippen LogP contribution is -2.13. The van der Waals surface area contributed by atoms with Crippen LogP contribution in [-0.2, 0) is 13.0 Å². The van der Waals surface area contributed by atoms with Crippen LogP contribution >= 0.6 is 0 Å². The van der Waals surface area contributed by atoms with Crippen LogP contribution in [0.3, 0.4) is 0 Å². The first kappa shape index (κ1) is 15.6. The number of anilines is 1. The van der Waals surface area contributed by atoms with Gasteiger partial charge in [0, 0.05) is 18.2 Å². The lowest BCUT2D eigenvalue weighted by molar-refractivity contribution is 0.0655. The lowest BCUT2D eigenvalue weighted by atomic mass is 10.2. The van der Waals surface area contributed by atoms with Crippen molar-refractivity contribution >= 4 is 11.7 Å². The number of nitrogen functional groups attached to an aromatic ring is 1. The first-order valence-corrected chi connectivity index (χ1v) is 6.88. The number of ether oxygens (including phenoxy) is 1. The van der Waals surface area contributed by atoms with Gasteiger partial charge in [0.15, 0.2) is 5.76 Å². The molecular weight excluding hydrogens is 286 g/mol. The maximum atomic E-state index is 12.0. The predicted molar refractivity (Wildman–Crippen MR) is 81.1 cm³/mol. The van der Waals surface area contributed by atoms with E-state index in [4.69, 9.17) is 20.0 Å². The Labute approximate surface area is 127 Å². The van der Waals surface area contributed by atoms with Crippen LogP contribution in [0, 0.1) is 0 Å². The highest BCUT2D eigenvalue weighted by atomic mass is 16.5. The number of benzene rings is 1. The number of nitrogens with two attached hydrogens (primary N) is 1. The van der Waals surface area contributed by atoms with Crippen molar-refractivity contribution in [2.45, 2.75) is 26.4 Å². The number of carboxylic acid groups (broad SMARTS) is 1. The van der Waals surface area contributed by atoms with Gasteiger partial charge < -0.3 is 20.0 Å². The predicted octanol–water partition coefficient (Wildman–Crippen LogP) is 2.45. The molecule has 0 aliphatic heterocycles. The number of carboxylic acids is 1. The highest BCUT2D eigenvalue weighted by molar-refractivity contribution is 5.84. The molecular formula is C16H17NO5. The van der Waals surface area contributed by atoms with Crippen molar-refractivity contribution in [3.63, 3.8) is 0 Å². The summed E-state index contributed by atoms with van der Waals surface area (Å²) in [6, 6.07) is 7.99. The minimum atomic E-state index is -1.28. The van der Waals surface area contributed by atoms with Crippen LogP contribution in [0.1, 0.15) is 35.2 Å². The van der Waals surface area contributed by atoms with Crippen LogP contribution in [0.2, 0.25) is 0 Å². The standard InChI is InChI=1S/C16H17NO5/c1-2-3-13-15(12(18)8-14(22-13)16(19)20)21-9-10-4-6-11(17)7-5-10/h4-8H,2-3,9,17H2,1H3,(H,19,20). The Balaban J connectivity index is 2.27. The summed E-state index contributed by atoms with van der Waals surface area (Å²) in [5.74, 6) is -1.35. The summed E-state index contributed by atoms with van der Waals surface area (Å²) in [7, 11) is 0. The van der Waals surface area contributed by atoms with E-state index in [-0.39, 0.29) is 23.9 Å². The molecule has 2 aromatic rings. The SMILES string of the molecule is CCCc1oc(C(=O)O)cc(=O)c1OCc1ccc(N)cc1. The van der Waals surface area contributed by atoms with E-state index >= 15 is 0 Å². The van der Waals surface area contributed by atoms with Gasteiger partial charge in [0.2, 0.25) is 16.9 Å². The summed E-state index contributed by atoms with van der Waals surface area (Å²) < 4.78 is 10.8. The van der Waals surface area contributed by atoms with Crippen LogP contribution in [0.5, 0.6) is 5.75 Å². The molecule has 2 rings (SSSR count). The van der Waals surface area contributed by atoms with Crippen molar-refractivity contribution in [2.24, 2.45) is 0 Å². The van der Waals surface area contributed by atoms with Crippen LogP contribution < -0.4 is 15.9 Å². The number of carbonyl (C=O) groups is 1. The summed E-state index contributed by atoms with van der Waals surface area (Å²) in [5.41, 5.74) is 6.59. The molecule has 0 fully saturated rings. The molecule has 1 heterocycles. The third-order valence-corrected chi connectivity index (χ3v) is 3.02. The summed E-state index contributed by atoms with van der Waals surface area (Å²) in [6.07, 6.45) is 1.12. The minimum Gasteiger partial charge on any atom is -0.482 e. The largest absolute Gasteiger partial charge is 0.482 e. The van der Waals surface area contributed by atoms with Gasteiger partial charge in [0.25, 0.3) is 0 Å². The van der Waals surface area contributed by atoms with Crippen molar-refractivity contribution in [3.05, 3.63) is 57.6 Å². The Morgan fingerprint density at radius 3 is 2.59 bits per heavy atom. The van der Waals surface area contributed by atoms with Gasteiger partial charge in [-0.1, -0.05) is 19.1 Å². The van der Waals surface area contributed by atoms with Gasteiger partial charge in [-0.05, 0) is 24.1 Å². The van der Waals surface area contributed by atoms with Gasteiger partial charge in [-0.2, -0.15) is 0 Å².